The molecule has 26 heavy (non-hydrogen) atoms. The Hall–Kier alpha value is -2.80. The van der Waals surface area contributed by atoms with E-state index in [0.717, 1.165) is 32.7 Å². The average molecular weight is 370 g/mol. The Morgan fingerprint density at radius 1 is 1.19 bits per heavy atom. The number of hydrogen-bond donors (Lipinski definition) is 3. The molecule has 3 aromatic rings. The summed E-state index contributed by atoms with van der Waals surface area (Å²) in [7, 11) is 1.79. The van der Waals surface area contributed by atoms with Crippen LogP contribution in [0, 0.1) is 6.92 Å². The molecular weight excluding hydrogens is 348 g/mol. The number of rotatable bonds is 5. The fraction of sp³-hybridized carbons (Fsp3) is 0.263. The topological polar surface area (TPSA) is 75.2 Å². The van der Waals surface area contributed by atoms with Gasteiger partial charge in [-0.15, -0.1) is 0 Å². The van der Waals surface area contributed by atoms with Crippen molar-refractivity contribution in [2.45, 2.75) is 20.4 Å². The number of carbonyl (C=O) groups is 1. The molecule has 136 valence electrons. The summed E-state index contributed by atoms with van der Waals surface area (Å²) in [6.07, 6.45) is 0. The average Bonchev–Trinajstić information content (AvgIpc) is 2.89. The Labute approximate surface area is 155 Å². The van der Waals surface area contributed by atoms with Crippen molar-refractivity contribution < 1.29 is 4.79 Å². The molecule has 0 aliphatic rings. The summed E-state index contributed by atoms with van der Waals surface area (Å²) in [5.74, 6) is 0. The molecule has 0 saturated carbocycles. The third kappa shape index (κ3) is 3.88. The number of benzene rings is 2. The lowest BCUT2D eigenvalue weighted by Crippen LogP contribution is -2.28. The van der Waals surface area contributed by atoms with Crippen molar-refractivity contribution in [1.82, 2.24) is 9.88 Å². The highest BCUT2D eigenvalue weighted by molar-refractivity contribution is 7.16. The molecule has 0 atom stereocenters. The van der Waals surface area contributed by atoms with Gasteiger partial charge in [0.1, 0.15) is 0 Å². The van der Waals surface area contributed by atoms with Crippen molar-refractivity contribution in [3.05, 3.63) is 57.2 Å². The minimum atomic E-state index is -0.216. The molecule has 0 fully saturated rings. The van der Waals surface area contributed by atoms with Gasteiger partial charge in [-0.25, -0.2) is 4.79 Å². The molecule has 7 heteroatoms. The van der Waals surface area contributed by atoms with Crippen LogP contribution in [0.25, 0.3) is 10.2 Å². The second-order valence-electron chi connectivity index (χ2n) is 6.10. The number of aromatic nitrogens is 1. The molecule has 3 rings (SSSR count). The van der Waals surface area contributed by atoms with Crippen LogP contribution in [0.1, 0.15) is 18.1 Å². The fourth-order valence-electron chi connectivity index (χ4n) is 2.71. The number of fused-ring (bicyclic) bond motifs is 1. The van der Waals surface area contributed by atoms with Gasteiger partial charge in [-0.2, -0.15) is 0 Å². The van der Waals surface area contributed by atoms with Crippen LogP contribution in [0.5, 0.6) is 0 Å². The number of carbonyl (C=O) groups excluding carboxylic acids is 1. The molecule has 0 aliphatic carbocycles. The van der Waals surface area contributed by atoms with Gasteiger partial charge in [0.2, 0.25) is 0 Å². The van der Waals surface area contributed by atoms with Crippen molar-refractivity contribution in [2.75, 3.05) is 17.2 Å². The zero-order valence-corrected chi connectivity index (χ0v) is 15.9. The molecule has 0 saturated heterocycles. The first-order chi connectivity index (χ1) is 12.5. The second kappa shape index (κ2) is 7.61. The van der Waals surface area contributed by atoms with Gasteiger partial charge in [0.05, 0.1) is 10.2 Å². The highest BCUT2D eigenvalue weighted by atomic mass is 32.1. The quantitative estimate of drug-likeness (QED) is 0.641. The maximum atomic E-state index is 11.8. The maximum absolute atomic E-state index is 11.8. The molecule has 0 bridgehead atoms. The Morgan fingerprint density at radius 3 is 2.77 bits per heavy atom. The van der Waals surface area contributed by atoms with E-state index < -0.39 is 0 Å². The van der Waals surface area contributed by atoms with Gasteiger partial charge in [-0.05, 0) is 49.2 Å². The molecule has 0 radical (unpaired) electrons. The predicted octanol–water partition coefficient (Wildman–Crippen LogP) is 3.66. The van der Waals surface area contributed by atoms with Crippen LogP contribution in [0.2, 0.25) is 0 Å². The van der Waals surface area contributed by atoms with Crippen LogP contribution in [0.4, 0.5) is 16.2 Å². The highest BCUT2D eigenvalue weighted by Gasteiger charge is 2.07. The summed E-state index contributed by atoms with van der Waals surface area (Å²) in [5, 5.41) is 8.94. The fourth-order valence-corrected chi connectivity index (χ4v) is 3.65. The van der Waals surface area contributed by atoms with Crippen molar-refractivity contribution in [3.63, 3.8) is 0 Å². The number of urea groups is 1. The Bertz CT molecular complexity index is 1010. The molecule has 2 aromatic carbocycles. The zero-order valence-electron chi connectivity index (χ0n) is 15.1. The van der Waals surface area contributed by atoms with Gasteiger partial charge in [-0.3, -0.25) is 4.79 Å². The van der Waals surface area contributed by atoms with E-state index >= 15 is 0 Å². The zero-order chi connectivity index (χ0) is 18.7. The normalized spacial score (nSPS) is 10.7. The van der Waals surface area contributed by atoms with Crippen molar-refractivity contribution >= 4 is 39.0 Å². The summed E-state index contributed by atoms with van der Waals surface area (Å²) in [6.45, 7) is 5.11. The van der Waals surface area contributed by atoms with E-state index in [0.29, 0.717) is 13.1 Å². The van der Waals surface area contributed by atoms with Crippen molar-refractivity contribution in [3.8, 4) is 0 Å². The van der Waals surface area contributed by atoms with Crippen molar-refractivity contribution in [2.24, 2.45) is 7.05 Å². The van der Waals surface area contributed by atoms with E-state index in [9.17, 15) is 9.59 Å². The first kappa shape index (κ1) is 18.0. The van der Waals surface area contributed by atoms with Gasteiger partial charge < -0.3 is 20.5 Å². The minimum absolute atomic E-state index is 0.0464. The first-order valence-corrected chi connectivity index (χ1v) is 9.27. The lowest BCUT2D eigenvalue weighted by molar-refractivity contribution is 0.252. The highest BCUT2D eigenvalue weighted by Crippen LogP contribution is 2.23. The molecule has 2 amide bonds. The predicted molar refractivity (Wildman–Crippen MR) is 108 cm³/mol. The standard InChI is InChI=1S/C19H22N4O2S/c1-4-20-18(24)22-14-7-5-12(2)15(10-14)21-11-13-6-8-16-17(9-13)26-19(25)23(16)3/h5-10,21H,4,11H2,1-3H3,(H2,20,22,24). The SMILES string of the molecule is CCNC(=O)Nc1ccc(C)c(NCc2ccc3c(c2)sc(=O)n3C)c1. The minimum Gasteiger partial charge on any atom is -0.381 e. The van der Waals surface area contributed by atoms with Gasteiger partial charge in [0.25, 0.3) is 0 Å². The molecule has 1 aromatic heterocycles. The molecule has 1 heterocycles. The van der Waals surface area contributed by atoms with Crippen LogP contribution < -0.4 is 20.8 Å². The summed E-state index contributed by atoms with van der Waals surface area (Å²) >= 11 is 1.26. The van der Waals surface area contributed by atoms with Crippen LogP contribution in [0.15, 0.2) is 41.2 Å². The number of anilines is 2. The van der Waals surface area contributed by atoms with Gasteiger partial charge in [-0.1, -0.05) is 23.5 Å². The number of thiazole rings is 1. The Balaban J connectivity index is 1.74. The van der Waals surface area contributed by atoms with Gasteiger partial charge in [0.15, 0.2) is 0 Å². The molecular formula is C19H22N4O2S. The molecule has 3 N–H and O–H groups in total. The maximum Gasteiger partial charge on any atom is 0.319 e. The summed E-state index contributed by atoms with van der Waals surface area (Å²) in [4.78, 5) is 23.5. The van der Waals surface area contributed by atoms with E-state index in [1.807, 2.05) is 50.2 Å². The van der Waals surface area contributed by atoms with Crippen LogP contribution in [-0.2, 0) is 13.6 Å². The molecule has 0 unspecified atom stereocenters. The van der Waals surface area contributed by atoms with Crippen LogP contribution in [0.3, 0.4) is 0 Å². The Kier molecular flexibility index (Phi) is 5.27. The lowest BCUT2D eigenvalue weighted by Gasteiger charge is -2.13. The third-order valence-electron chi connectivity index (χ3n) is 4.17. The Morgan fingerprint density at radius 2 is 2.00 bits per heavy atom. The number of aryl methyl sites for hydroxylation is 2. The first-order valence-electron chi connectivity index (χ1n) is 8.45. The van der Waals surface area contributed by atoms with Crippen LogP contribution in [-0.4, -0.2) is 17.1 Å². The number of hydrogen-bond acceptors (Lipinski definition) is 4. The number of nitrogens with one attached hydrogen (secondary N) is 3. The lowest BCUT2D eigenvalue weighted by atomic mass is 10.1. The molecule has 0 spiro atoms. The summed E-state index contributed by atoms with van der Waals surface area (Å²) in [6, 6.07) is 11.6. The van der Waals surface area contributed by atoms with Crippen LogP contribution >= 0.6 is 11.3 Å². The number of amides is 2. The third-order valence-corrected chi connectivity index (χ3v) is 5.17. The molecule has 0 aliphatic heterocycles. The summed E-state index contributed by atoms with van der Waals surface area (Å²) < 4.78 is 2.65. The van der Waals surface area contributed by atoms with E-state index in [1.165, 1.54) is 11.3 Å². The monoisotopic (exact) mass is 370 g/mol. The van der Waals surface area contributed by atoms with Gasteiger partial charge in [0, 0.05) is 31.5 Å². The van der Waals surface area contributed by atoms with E-state index in [-0.39, 0.29) is 10.9 Å². The van der Waals surface area contributed by atoms with E-state index in [4.69, 9.17) is 0 Å². The van der Waals surface area contributed by atoms with E-state index in [2.05, 4.69) is 16.0 Å². The van der Waals surface area contributed by atoms with Crippen molar-refractivity contribution in [1.29, 1.82) is 0 Å². The number of nitrogens with zero attached hydrogens (tertiary/aromatic N) is 1. The van der Waals surface area contributed by atoms with Gasteiger partial charge >= 0.3 is 10.9 Å². The smallest absolute Gasteiger partial charge is 0.319 e. The second-order valence-corrected chi connectivity index (χ2v) is 7.09. The summed E-state index contributed by atoms with van der Waals surface area (Å²) in [5.41, 5.74) is 4.84. The van der Waals surface area contributed by atoms with E-state index in [1.54, 1.807) is 11.6 Å². The molecule has 6 nitrogen and oxygen atoms in total. The largest absolute Gasteiger partial charge is 0.381 e.